The van der Waals surface area contributed by atoms with Crippen LogP contribution in [0.15, 0.2) is 144 Å². The van der Waals surface area contributed by atoms with Gasteiger partial charge in [-0.2, -0.15) is 0 Å². The second-order valence-corrected chi connectivity index (χ2v) is 11.7. The van der Waals surface area contributed by atoms with Crippen molar-refractivity contribution in [2.75, 3.05) is 4.90 Å². The average Bonchev–Trinajstić information content (AvgIpc) is 3.58. The van der Waals surface area contributed by atoms with Gasteiger partial charge in [0, 0.05) is 48.0 Å². The maximum Gasteiger partial charge on any atom is 0.136 e. The molecule has 41 heavy (non-hydrogen) atoms. The molecule has 0 radical (unpaired) electrons. The van der Waals surface area contributed by atoms with E-state index in [1.807, 2.05) is 23.5 Å². The largest absolute Gasteiger partial charge is 0.456 e. The predicted octanol–water partition coefficient (Wildman–Crippen LogP) is 11.7. The van der Waals surface area contributed by atoms with Crippen LogP contribution < -0.4 is 4.90 Å². The molecule has 0 fully saturated rings. The number of thiophene rings is 1. The van der Waals surface area contributed by atoms with Crippen molar-refractivity contribution in [1.29, 1.82) is 0 Å². The highest BCUT2D eigenvalue weighted by molar-refractivity contribution is 7.25. The van der Waals surface area contributed by atoms with Crippen molar-refractivity contribution in [2.24, 2.45) is 0 Å². The number of rotatable bonds is 3. The lowest BCUT2D eigenvalue weighted by molar-refractivity contribution is 0.669. The molecule has 0 saturated carbocycles. The molecular formula is C38H23NOS. The lowest BCUT2D eigenvalue weighted by Gasteiger charge is -2.26. The Balaban J connectivity index is 1.29. The third-order valence-electron chi connectivity index (χ3n) is 8.21. The molecule has 0 bridgehead atoms. The van der Waals surface area contributed by atoms with E-state index < -0.39 is 0 Å². The van der Waals surface area contributed by atoms with Gasteiger partial charge in [-0.1, -0.05) is 78.9 Å². The Morgan fingerprint density at radius 1 is 0.390 bits per heavy atom. The van der Waals surface area contributed by atoms with Gasteiger partial charge in [-0.25, -0.2) is 0 Å². The Bertz CT molecular complexity index is 2430. The Hall–Kier alpha value is -5.12. The highest BCUT2D eigenvalue weighted by atomic mass is 32.1. The highest BCUT2D eigenvalue weighted by Crippen LogP contribution is 2.42. The number of furan rings is 1. The normalized spacial score (nSPS) is 11.9. The van der Waals surface area contributed by atoms with Gasteiger partial charge < -0.3 is 9.32 Å². The van der Waals surface area contributed by atoms with Gasteiger partial charge in [0.2, 0.25) is 0 Å². The van der Waals surface area contributed by atoms with E-state index in [9.17, 15) is 0 Å². The van der Waals surface area contributed by atoms with E-state index in [1.165, 1.54) is 41.7 Å². The molecule has 3 heteroatoms. The van der Waals surface area contributed by atoms with Crippen LogP contribution in [0.4, 0.5) is 17.1 Å². The number of anilines is 3. The minimum Gasteiger partial charge on any atom is -0.456 e. The summed E-state index contributed by atoms with van der Waals surface area (Å²) in [7, 11) is 0. The zero-order valence-electron chi connectivity index (χ0n) is 22.0. The minimum absolute atomic E-state index is 0.926. The van der Waals surface area contributed by atoms with Gasteiger partial charge in [0.15, 0.2) is 0 Å². The monoisotopic (exact) mass is 541 g/mol. The van der Waals surface area contributed by atoms with Crippen molar-refractivity contribution in [3.8, 4) is 0 Å². The molecular weight excluding hydrogens is 518 g/mol. The van der Waals surface area contributed by atoms with Gasteiger partial charge in [-0.05, 0) is 82.2 Å². The number of nitrogens with zero attached hydrogens (tertiary/aromatic N) is 1. The van der Waals surface area contributed by atoms with Crippen LogP contribution in [0.25, 0.3) is 63.7 Å². The maximum atomic E-state index is 6.20. The Morgan fingerprint density at radius 3 is 2.00 bits per heavy atom. The van der Waals surface area contributed by atoms with Gasteiger partial charge >= 0.3 is 0 Å². The average molecular weight is 542 g/mol. The van der Waals surface area contributed by atoms with E-state index in [0.29, 0.717) is 0 Å². The molecule has 9 aromatic rings. The molecule has 0 saturated heterocycles. The summed E-state index contributed by atoms with van der Waals surface area (Å²) in [6, 6.07) is 50.2. The van der Waals surface area contributed by atoms with E-state index in [0.717, 1.165) is 39.0 Å². The fraction of sp³-hybridized carbons (Fsp3) is 0. The first kappa shape index (κ1) is 22.7. The third kappa shape index (κ3) is 3.49. The van der Waals surface area contributed by atoms with E-state index in [-0.39, 0.29) is 0 Å². The molecule has 192 valence electrons. The van der Waals surface area contributed by atoms with Crippen molar-refractivity contribution in [1.82, 2.24) is 0 Å². The molecule has 7 aromatic carbocycles. The first-order valence-electron chi connectivity index (χ1n) is 13.8. The SMILES string of the molecule is c1ccc(N(c2ccc3c(c2)sc2ccccc23)c2ccc3ccc4cc5oc6ccccc6c5cc4c3c2)cc1. The summed E-state index contributed by atoms with van der Waals surface area (Å²) >= 11 is 1.86. The van der Waals surface area contributed by atoms with Gasteiger partial charge in [0.25, 0.3) is 0 Å². The second kappa shape index (κ2) is 8.69. The van der Waals surface area contributed by atoms with Crippen molar-refractivity contribution in [2.45, 2.75) is 0 Å². The van der Waals surface area contributed by atoms with Crippen molar-refractivity contribution >= 4 is 92.1 Å². The highest BCUT2D eigenvalue weighted by Gasteiger charge is 2.16. The predicted molar refractivity (Wildman–Crippen MR) is 176 cm³/mol. The van der Waals surface area contributed by atoms with Crippen LogP contribution in [0.2, 0.25) is 0 Å². The van der Waals surface area contributed by atoms with E-state index in [2.05, 4.69) is 132 Å². The lowest BCUT2D eigenvalue weighted by atomic mass is 9.99. The molecule has 0 amide bonds. The topological polar surface area (TPSA) is 16.4 Å². The smallest absolute Gasteiger partial charge is 0.136 e. The summed E-state index contributed by atoms with van der Waals surface area (Å²) in [5, 5.41) is 9.80. The van der Waals surface area contributed by atoms with Crippen molar-refractivity contribution < 1.29 is 4.42 Å². The fourth-order valence-corrected chi connectivity index (χ4v) is 7.42. The maximum absolute atomic E-state index is 6.20. The van der Waals surface area contributed by atoms with Crippen LogP contribution in [-0.2, 0) is 0 Å². The number of hydrogen-bond donors (Lipinski definition) is 0. The van der Waals surface area contributed by atoms with Gasteiger partial charge in [-0.3, -0.25) is 0 Å². The standard InChI is InChI=1S/C38H23NOS/c1-2-8-26(9-3-1)39(28-18-19-31-30-11-5-7-13-37(30)41-38(31)22-28)27-17-16-24-14-15-25-20-36-34(23-33(25)32(24)21-27)29-10-4-6-12-35(29)40-36/h1-23H. The molecule has 0 aliphatic rings. The third-order valence-corrected chi connectivity index (χ3v) is 9.35. The molecule has 0 aliphatic heterocycles. The summed E-state index contributed by atoms with van der Waals surface area (Å²) in [6.45, 7) is 0. The zero-order valence-corrected chi connectivity index (χ0v) is 22.9. The summed E-state index contributed by atoms with van der Waals surface area (Å²) < 4.78 is 8.82. The molecule has 2 heterocycles. The van der Waals surface area contributed by atoms with E-state index >= 15 is 0 Å². The van der Waals surface area contributed by atoms with Crippen LogP contribution in [-0.4, -0.2) is 0 Å². The summed E-state index contributed by atoms with van der Waals surface area (Å²) in [4.78, 5) is 2.37. The van der Waals surface area contributed by atoms with Crippen LogP contribution >= 0.6 is 11.3 Å². The number of hydrogen-bond acceptors (Lipinski definition) is 3. The van der Waals surface area contributed by atoms with E-state index in [4.69, 9.17) is 4.42 Å². The lowest BCUT2D eigenvalue weighted by Crippen LogP contribution is -2.09. The fourth-order valence-electron chi connectivity index (χ4n) is 6.28. The van der Waals surface area contributed by atoms with Crippen molar-refractivity contribution in [3.63, 3.8) is 0 Å². The second-order valence-electron chi connectivity index (χ2n) is 10.6. The van der Waals surface area contributed by atoms with Crippen LogP contribution in [0.1, 0.15) is 0 Å². The van der Waals surface area contributed by atoms with Crippen molar-refractivity contribution in [3.05, 3.63) is 140 Å². The first-order valence-corrected chi connectivity index (χ1v) is 14.7. The van der Waals surface area contributed by atoms with Gasteiger partial charge in [0.05, 0.1) is 0 Å². The Labute approximate surface area is 240 Å². The number of fused-ring (bicyclic) bond motifs is 9. The summed E-state index contributed by atoms with van der Waals surface area (Å²) in [5.41, 5.74) is 5.27. The zero-order chi connectivity index (χ0) is 26.9. The quantitative estimate of drug-likeness (QED) is 0.207. The van der Waals surface area contributed by atoms with E-state index in [1.54, 1.807) is 0 Å². The summed E-state index contributed by atoms with van der Waals surface area (Å²) in [5.74, 6) is 0. The molecule has 9 rings (SSSR count). The molecule has 0 N–H and O–H groups in total. The molecule has 2 nitrogen and oxygen atoms in total. The molecule has 0 spiro atoms. The van der Waals surface area contributed by atoms with Crippen LogP contribution in [0.3, 0.4) is 0 Å². The van der Waals surface area contributed by atoms with Crippen LogP contribution in [0.5, 0.6) is 0 Å². The Kier molecular flexibility index (Phi) is 4.80. The Morgan fingerprint density at radius 2 is 1.07 bits per heavy atom. The molecule has 0 atom stereocenters. The van der Waals surface area contributed by atoms with Gasteiger partial charge in [-0.15, -0.1) is 11.3 Å². The summed E-state index contributed by atoms with van der Waals surface area (Å²) in [6.07, 6.45) is 0. The molecule has 0 aliphatic carbocycles. The molecule has 2 aromatic heterocycles. The molecule has 0 unspecified atom stereocenters. The van der Waals surface area contributed by atoms with Gasteiger partial charge in [0.1, 0.15) is 11.2 Å². The number of benzene rings is 7. The van der Waals surface area contributed by atoms with Crippen LogP contribution in [0, 0.1) is 0 Å². The minimum atomic E-state index is 0.926. The first-order chi connectivity index (χ1) is 20.3. The number of para-hydroxylation sites is 2.